The summed E-state index contributed by atoms with van der Waals surface area (Å²) in [4.78, 5) is 25.3. The van der Waals surface area contributed by atoms with Gasteiger partial charge in [-0.3, -0.25) is 4.57 Å². The van der Waals surface area contributed by atoms with Crippen molar-refractivity contribution in [2.24, 2.45) is 0 Å². The highest BCUT2D eigenvalue weighted by Gasteiger charge is 2.68. The Morgan fingerprint density at radius 1 is 0.739 bits per heavy atom. The molecular weight excluding hydrogens is 622 g/mol. The van der Waals surface area contributed by atoms with Gasteiger partial charge in [-0.05, 0) is 23.6 Å². The van der Waals surface area contributed by atoms with Gasteiger partial charge in [0.15, 0.2) is 6.10 Å². The van der Waals surface area contributed by atoms with Crippen LogP contribution in [0, 0.1) is 0 Å². The summed E-state index contributed by atoms with van der Waals surface area (Å²) in [5.41, 5.74) is 2.26. The molecule has 0 aliphatic carbocycles. The molecule has 1 aliphatic rings. The first-order valence-corrected chi connectivity index (χ1v) is 16.1. The zero-order chi connectivity index (χ0) is 33.2. The summed E-state index contributed by atoms with van der Waals surface area (Å²) in [6.45, 7) is 1.49. The van der Waals surface area contributed by atoms with E-state index >= 15 is 4.39 Å². The summed E-state index contributed by atoms with van der Waals surface area (Å²) in [7, 11) is -1.86. The van der Waals surface area contributed by atoms with Crippen LogP contribution in [0.2, 0.25) is 0 Å². The molecule has 3 aromatic carbocycles. The van der Waals surface area contributed by atoms with Crippen LogP contribution in [0.15, 0.2) is 91.0 Å². The smallest absolute Gasteiger partial charge is 0.420 e. The van der Waals surface area contributed by atoms with Gasteiger partial charge < -0.3 is 37.5 Å². The third-order valence-electron chi connectivity index (χ3n) is 7.42. The Morgan fingerprint density at radius 2 is 1.17 bits per heavy atom. The Balaban J connectivity index is 1.85. The van der Waals surface area contributed by atoms with Crippen molar-refractivity contribution in [2.45, 2.75) is 62.9 Å². The number of methoxy groups -OCH3 is 1. The minimum Gasteiger partial charge on any atom is -0.461 e. The van der Waals surface area contributed by atoms with Gasteiger partial charge in [0, 0.05) is 14.2 Å². The normalized spacial score (nSPS) is 23.8. The lowest BCUT2D eigenvalue weighted by Crippen LogP contribution is -2.70. The molecule has 3 aromatic rings. The minimum absolute atomic E-state index is 0.00117. The first-order chi connectivity index (χ1) is 22.2. The second-order valence-electron chi connectivity index (χ2n) is 10.4. The fourth-order valence-corrected chi connectivity index (χ4v) is 6.30. The fraction of sp³-hybridized carbons (Fsp3) is 0.394. The second-order valence-corrected chi connectivity index (χ2v) is 12.7. The number of rotatable bonds is 14. The maximum Gasteiger partial charge on any atom is 0.420 e. The Labute approximate surface area is 267 Å². The van der Waals surface area contributed by atoms with E-state index in [0.717, 1.165) is 32.5 Å². The summed E-state index contributed by atoms with van der Waals surface area (Å²) >= 11 is 0. The van der Waals surface area contributed by atoms with Gasteiger partial charge in [-0.25, -0.2) is 14.0 Å². The van der Waals surface area contributed by atoms with E-state index in [9.17, 15) is 14.2 Å². The van der Waals surface area contributed by atoms with Gasteiger partial charge in [0.05, 0.1) is 33.0 Å². The van der Waals surface area contributed by atoms with E-state index in [1.807, 2.05) is 66.7 Å². The van der Waals surface area contributed by atoms with Gasteiger partial charge in [0.2, 0.25) is 0 Å². The monoisotopic (exact) mass is 660 g/mol. The molecule has 0 N–H and O–H groups in total. The highest BCUT2D eigenvalue weighted by atomic mass is 31.2. The predicted molar refractivity (Wildman–Crippen MR) is 163 cm³/mol. The van der Waals surface area contributed by atoms with Crippen LogP contribution in [0.5, 0.6) is 0 Å². The molecule has 1 saturated heterocycles. The number of ether oxygens (including phenoxy) is 6. The zero-order valence-electron chi connectivity index (χ0n) is 26.0. The van der Waals surface area contributed by atoms with E-state index in [2.05, 4.69) is 4.74 Å². The quantitative estimate of drug-likeness (QED) is 0.126. The third-order valence-corrected chi connectivity index (χ3v) is 9.35. The number of esters is 2. The molecule has 0 bridgehead atoms. The van der Waals surface area contributed by atoms with Crippen molar-refractivity contribution in [3.05, 3.63) is 108 Å². The number of hydrogen-bond acceptors (Lipinski definition) is 11. The van der Waals surface area contributed by atoms with Gasteiger partial charge in [-0.15, -0.1) is 0 Å². The summed E-state index contributed by atoms with van der Waals surface area (Å²) in [5.74, 6) is -8.83. The minimum atomic E-state index is -4.74. The maximum atomic E-state index is 16.9. The first kappa shape index (κ1) is 35.4. The average Bonchev–Trinajstić information content (AvgIpc) is 3.10. The van der Waals surface area contributed by atoms with Crippen molar-refractivity contribution >= 4 is 19.5 Å². The van der Waals surface area contributed by atoms with Gasteiger partial charge >= 0.3 is 19.5 Å². The summed E-state index contributed by atoms with van der Waals surface area (Å²) < 4.78 is 75.8. The summed E-state index contributed by atoms with van der Waals surface area (Å²) in [5, 5.41) is 0. The second kappa shape index (κ2) is 16.4. The molecule has 4 rings (SSSR count). The Hall–Kier alpha value is -3.48. The fourth-order valence-electron chi connectivity index (χ4n) is 5.08. The number of alkyl halides is 1. The number of halogens is 1. The van der Waals surface area contributed by atoms with Gasteiger partial charge in [0.25, 0.3) is 11.7 Å². The number of carbonyl (C=O) groups excluding carboxylic acids is 2. The van der Waals surface area contributed by atoms with E-state index in [0.29, 0.717) is 5.56 Å². The molecule has 13 heteroatoms. The Bertz CT molecular complexity index is 1440. The molecule has 1 fully saturated rings. The molecule has 0 saturated carbocycles. The van der Waals surface area contributed by atoms with Gasteiger partial charge in [-0.1, -0.05) is 91.0 Å². The molecule has 0 spiro atoms. The van der Waals surface area contributed by atoms with Crippen LogP contribution in [0.4, 0.5) is 4.39 Å². The molecular formula is C33H38FO11P. The number of hydrogen-bond donors (Lipinski definition) is 0. The van der Waals surface area contributed by atoms with E-state index < -0.39 is 55.7 Å². The van der Waals surface area contributed by atoms with E-state index in [1.165, 1.54) is 0 Å². The molecule has 248 valence electrons. The average molecular weight is 661 g/mol. The lowest BCUT2D eigenvalue weighted by atomic mass is 9.92. The largest absolute Gasteiger partial charge is 0.461 e. The van der Waals surface area contributed by atoms with Crippen LogP contribution in [0.1, 0.15) is 23.6 Å². The SMILES string of the molecule is COC(=O)C(=O)O[C@]1([C@H](F)P(=O)(OC)OC)O[C@@H](C)[C@H](OCc2ccccc2)[C@@H](OCc2ccccc2)[C@H]1OCc1ccccc1. The highest BCUT2D eigenvalue weighted by Crippen LogP contribution is 2.59. The van der Waals surface area contributed by atoms with Crippen LogP contribution in [0.25, 0.3) is 0 Å². The van der Waals surface area contributed by atoms with Crippen LogP contribution in [-0.2, 0) is 71.4 Å². The third kappa shape index (κ3) is 8.26. The molecule has 6 atom stereocenters. The molecule has 0 radical (unpaired) electrons. The lowest BCUT2D eigenvalue weighted by molar-refractivity contribution is -0.373. The topological polar surface area (TPSA) is 125 Å². The van der Waals surface area contributed by atoms with E-state index in [4.69, 9.17) is 32.7 Å². The number of benzene rings is 3. The van der Waals surface area contributed by atoms with Crippen molar-refractivity contribution in [3.63, 3.8) is 0 Å². The summed E-state index contributed by atoms with van der Waals surface area (Å²) in [6, 6.07) is 27.3. The van der Waals surface area contributed by atoms with Crippen molar-refractivity contribution in [2.75, 3.05) is 21.3 Å². The first-order valence-electron chi connectivity index (χ1n) is 14.5. The van der Waals surface area contributed by atoms with Crippen molar-refractivity contribution in [1.29, 1.82) is 0 Å². The molecule has 1 heterocycles. The lowest BCUT2D eigenvalue weighted by Gasteiger charge is -2.52. The van der Waals surface area contributed by atoms with Crippen molar-refractivity contribution in [3.8, 4) is 0 Å². The van der Waals surface area contributed by atoms with Crippen LogP contribution in [0.3, 0.4) is 0 Å². The Kier molecular flexibility index (Phi) is 12.6. The predicted octanol–water partition coefficient (Wildman–Crippen LogP) is 5.36. The summed E-state index contributed by atoms with van der Waals surface area (Å²) in [6.07, 6.45) is -4.98. The molecule has 0 amide bonds. The standard InChI is InChI=1S/C33H38FO11P/c1-23-27(41-20-24-14-8-5-9-15-24)28(42-21-25-16-10-6-11-17-25)29(43-22-26-18-12-7-13-19-26)33(44-23,45-31(36)30(35)38-2)32(34)46(37,39-3)40-4/h5-19,23,27-29,32H,20-22H2,1-4H3/t23-,27-,28+,29+,32+,33+/m0/s1. The van der Waals surface area contributed by atoms with Crippen LogP contribution >= 0.6 is 7.60 Å². The van der Waals surface area contributed by atoms with Crippen molar-refractivity contribution < 1.29 is 56.0 Å². The molecule has 0 aromatic heterocycles. The maximum absolute atomic E-state index is 16.9. The zero-order valence-corrected chi connectivity index (χ0v) is 26.9. The molecule has 46 heavy (non-hydrogen) atoms. The molecule has 11 nitrogen and oxygen atoms in total. The van der Waals surface area contributed by atoms with Crippen LogP contribution in [-0.4, -0.2) is 69.4 Å². The molecule has 0 unspecified atom stereocenters. The van der Waals surface area contributed by atoms with E-state index in [-0.39, 0.29) is 19.8 Å². The van der Waals surface area contributed by atoms with E-state index in [1.54, 1.807) is 31.2 Å². The van der Waals surface area contributed by atoms with Crippen LogP contribution < -0.4 is 0 Å². The Morgan fingerprint density at radius 3 is 1.61 bits per heavy atom. The van der Waals surface area contributed by atoms with Gasteiger partial charge in [-0.2, -0.15) is 0 Å². The highest BCUT2D eigenvalue weighted by molar-refractivity contribution is 7.54. The van der Waals surface area contributed by atoms with Crippen molar-refractivity contribution in [1.82, 2.24) is 0 Å². The molecule has 1 aliphatic heterocycles. The number of carbonyl (C=O) groups is 2. The van der Waals surface area contributed by atoms with Gasteiger partial charge in [0.1, 0.15) is 12.2 Å².